The van der Waals surface area contributed by atoms with Gasteiger partial charge < -0.3 is 4.90 Å². The van der Waals surface area contributed by atoms with Gasteiger partial charge in [0.05, 0.1) is 0 Å². The summed E-state index contributed by atoms with van der Waals surface area (Å²) < 4.78 is 0. The number of amides is 1. The molecule has 1 saturated heterocycles. The third-order valence-corrected chi connectivity index (χ3v) is 3.31. The van der Waals surface area contributed by atoms with Gasteiger partial charge in [0.1, 0.15) is 0 Å². The van der Waals surface area contributed by atoms with Gasteiger partial charge in [-0.2, -0.15) is 29.8 Å². The number of carbonyl (C=O) groups is 1. The minimum Gasteiger partial charge on any atom is -0.346 e. The third kappa shape index (κ3) is 3.17. The fourth-order valence-electron chi connectivity index (χ4n) is 2.16. The number of carbonyl (C=O) groups excluding carboxylic acids is 1. The molecule has 2 rings (SSSR count). The van der Waals surface area contributed by atoms with Gasteiger partial charge in [-0.1, -0.05) is 13.8 Å². The van der Waals surface area contributed by atoms with E-state index in [9.17, 15) is 4.79 Å². The Hall–Kier alpha value is -0.206. The van der Waals surface area contributed by atoms with Gasteiger partial charge in [-0.3, -0.25) is 4.79 Å². The van der Waals surface area contributed by atoms with Crippen LogP contribution in [0.15, 0.2) is 18.2 Å². The van der Waals surface area contributed by atoms with Crippen molar-refractivity contribution in [1.29, 1.82) is 0 Å². The van der Waals surface area contributed by atoms with Crippen LogP contribution >= 0.6 is 0 Å². The Bertz CT molecular complexity index is 386. The fourth-order valence-corrected chi connectivity index (χ4v) is 2.16. The number of nitrogens with zero attached hydrogens (tertiary/aromatic N) is 1. The van der Waals surface area contributed by atoms with Crippen LogP contribution in [0, 0.1) is 6.07 Å². The van der Waals surface area contributed by atoms with E-state index in [4.69, 9.17) is 0 Å². The van der Waals surface area contributed by atoms with Crippen LogP contribution in [0.4, 0.5) is 0 Å². The Labute approximate surface area is 129 Å². The topological polar surface area (TPSA) is 20.3 Å². The molecule has 0 spiro atoms. The number of likely N-dealkylation sites (tertiary alicyclic amines) is 1. The summed E-state index contributed by atoms with van der Waals surface area (Å²) in [5.74, 6) is 0.796. The maximum atomic E-state index is 11.8. The van der Waals surface area contributed by atoms with Crippen LogP contribution in [0.3, 0.4) is 0 Å². The van der Waals surface area contributed by atoms with Crippen LogP contribution in [0.1, 0.15) is 43.2 Å². The second-order valence-corrected chi connectivity index (χ2v) is 4.83. The molecule has 0 aromatic heterocycles. The minimum atomic E-state index is 0. The molecule has 0 N–H and O–H groups in total. The molecule has 0 saturated carbocycles. The van der Waals surface area contributed by atoms with Crippen LogP contribution in [0.5, 0.6) is 0 Å². The molecule has 1 fully saturated rings. The Kier molecular flexibility index (Phi) is 5.33. The predicted molar refractivity (Wildman–Crippen MR) is 64.4 cm³/mol. The van der Waals surface area contributed by atoms with Gasteiger partial charge in [0.15, 0.2) is 0 Å². The zero-order chi connectivity index (χ0) is 11.7. The molecule has 1 amide bonds. The van der Waals surface area contributed by atoms with Gasteiger partial charge >= 0.3 is 0 Å². The Balaban J connectivity index is 0.00000144. The van der Waals surface area contributed by atoms with Crippen molar-refractivity contribution < 1.29 is 37.5 Å². The summed E-state index contributed by atoms with van der Waals surface area (Å²) in [6.45, 7) is 5.18. The summed E-state index contributed by atoms with van der Waals surface area (Å²) in [5.41, 5.74) is 2.32. The molecule has 1 radical (unpaired) electrons. The second-order valence-electron chi connectivity index (χ2n) is 4.83. The van der Waals surface area contributed by atoms with E-state index in [-0.39, 0.29) is 44.5 Å². The van der Waals surface area contributed by atoms with Gasteiger partial charge in [0.25, 0.3) is 0 Å². The number of likely N-dealkylation sites (N-methyl/N-ethyl adjacent to an activating group) is 1. The molecule has 89 valence electrons. The fraction of sp³-hybridized carbons (Fsp3) is 0.500. The first-order chi connectivity index (χ1) is 7.59. The maximum absolute atomic E-state index is 11.8. The number of hydrogen-bond donors (Lipinski definition) is 0. The van der Waals surface area contributed by atoms with Crippen LogP contribution in [0.25, 0.3) is 0 Å². The van der Waals surface area contributed by atoms with Crippen molar-refractivity contribution in [2.24, 2.45) is 0 Å². The van der Waals surface area contributed by atoms with Crippen molar-refractivity contribution in [3.05, 3.63) is 35.4 Å². The van der Waals surface area contributed by atoms with E-state index in [1.807, 2.05) is 13.1 Å². The summed E-state index contributed by atoms with van der Waals surface area (Å²) in [5, 5.41) is 0. The molecule has 0 aliphatic carbocycles. The second kappa shape index (κ2) is 6.11. The molecule has 1 aliphatic rings. The average molecular weight is 305 g/mol. The molecule has 1 heterocycles. The summed E-state index contributed by atoms with van der Waals surface area (Å²) in [6, 6.07) is 9.43. The van der Waals surface area contributed by atoms with Crippen LogP contribution in [-0.4, -0.2) is 24.4 Å². The maximum Gasteiger partial charge on any atom is 0.218 e. The number of benzene rings is 1. The van der Waals surface area contributed by atoms with E-state index < -0.39 is 0 Å². The molecule has 1 unspecified atom stereocenters. The molecular formula is C14H18NOY-. The number of hydrogen-bond acceptors (Lipinski definition) is 1. The van der Waals surface area contributed by atoms with Crippen LogP contribution < -0.4 is 0 Å². The van der Waals surface area contributed by atoms with Crippen molar-refractivity contribution in [3.63, 3.8) is 0 Å². The summed E-state index contributed by atoms with van der Waals surface area (Å²) >= 11 is 0. The molecule has 1 aliphatic heterocycles. The van der Waals surface area contributed by atoms with E-state index >= 15 is 0 Å². The van der Waals surface area contributed by atoms with Crippen LogP contribution in [0.2, 0.25) is 0 Å². The van der Waals surface area contributed by atoms with E-state index in [0.29, 0.717) is 5.92 Å². The van der Waals surface area contributed by atoms with E-state index in [1.165, 1.54) is 5.56 Å². The summed E-state index contributed by atoms with van der Waals surface area (Å²) in [6.07, 6.45) is 0.935. The van der Waals surface area contributed by atoms with Gasteiger partial charge in [0.2, 0.25) is 5.91 Å². The zero-order valence-corrected chi connectivity index (χ0v) is 13.6. The summed E-state index contributed by atoms with van der Waals surface area (Å²) in [4.78, 5) is 13.6. The Morgan fingerprint density at radius 3 is 2.53 bits per heavy atom. The normalized spacial score (nSPS) is 19.6. The van der Waals surface area contributed by atoms with E-state index in [2.05, 4.69) is 32.0 Å². The van der Waals surface area contributed by atoms with Gasteiger partial charge in [-0.15, -0.1) is 5.56 Å². The quantitative estimate of drug-likeness (QED) is 0.769. The van der Waals surface area contributed by atoms with E-state index in [0.717, 1.165) is 18.5 Å². The Morgan fingerprint density at radius 2 is 2.12 bits per heavy atom. The third-order valence-electron chi connectivity index (χ3n) is 3.31. The van der Waals surface area contributed by atoms with Crippen molar-refractivity contribution in [1.82, 2.24) is 4.90 Å². The smallest absolute Gasteiger partial charge is 0.218 e. The molecule has 3 heteroatoms. The van der Waals surface area contributed by atoms with Crippen molar-refractivity contribution in [3.8, 4) is 0 Å². The van der Waals surface area contributed by atoms with Gasteiger partial charge in [-0.25, -0.2) is 0 Å². The molecular weight excluding hydrogens is 287 g/mol. The largest absolute Gasteiger partial charge is 0.346 e. The first kappa shape index (κ1) is 14.9. The van der Waals surface area contributed by atoms with Crippen molar-refractivity contribution >= 4 is 5.91 Å². The van der Waals surface area contributed by atoms with Gasteiger partial charge in [-0.05, 0) is 12.3 Å². The monoisotopic (exact) mass is 305 g/mol. The summed E-state index contributed by atoms with van der Waals surface area (Å²) in [7, 11) is 1.87. The zero-order valence-electron chi connectivity index (χ0n) is 10.7. The first-order valence-electron chi connectivity index (χ1n) is 5.86. The molecule has 2 nitrogen and oxygen atoms in total. The van der Waals surface area contributed by atoms with Crippen molar-refractivity contribution in [2.45, 2.75) is 32.1 Å². The molecule has 1 aromatic carbocycles. The SMILES string of the molecule is CC(C)c1[c-]cc(C2CCN(C)C2=O)cc1.[Y]. The molecule has 17 heavy (non-hydrogen) atoms. The van der Waals surface area contributed by atoms with E-state index in [1.54, 1.807) is 4.90 Å². The Morgan fingerprint density at radius 1 is 1.41 bits per heavy atom. The molecule has 0 bridgehead atoms. The minimum absolute atomic E-state index is 0. The molecule has 1 atom stereocenters. The standard InChI is InChI=1S/C14H18NO.Y/c1-10(2)11-4-6-12(7-5-11)13-8-9-15(3)14(13)16;/h4,6-7,10,13H,8-9H2,1-3H3;/q-1;. The molecule has 1 aromatic rings. The number of rotatable bonds is 2. The van der Waals surface area contributed by atoms with Crippen molar-refractivity contribution in [2.75, 3.05) is 13.6 Å². The van der Waals surface area contributed by atoms with Crippen LogP contribution in [-0.2, 0) is 37.5 Å². The van der Waals surface area contributed by atoms with Gasteiger partial charge in [0, 0.05) is 52.2 Å². The average Bonchev–Trinajstić information content (AvgIpc) is 2.60. The first-order valence-corrected chi connectivity index (χ1v) is 5.86. The predicted octanol–water partition coefficient (Wildman–Crippen LogP) is 2.55.